The van der Waals surface area contributed by atoms with Crippen molar-refractivity contribution in [1.82, 2.24) is 4.98 Å². The molecule has 4 heteroatoms. The number of halogens is 1. The number of rotatable bonds is 5. The summed E-state index contributed by atoms with van der Waals surface area (Å²) < 4.78 is 6.68. The minimum absolute atomic E-state index is 0.0267. The summed E-state index contributed by atoms with van der Waals surface area (Å²) in [5, 5.41) is 0. The monoisotopic (exact) mass is 320 g/mol. The highest BCUT2D eigenvalue weighted by Gasteiger charge is 2.05. The average Bonchev–Trinajstić information content (AvgIpc) is 2.41. The zero-order valence-corrected chi connectivity index (χ0v) is 12.4. The standard InChI is InChI=1S/C15H17BrN2O/c1-11(17)12-5-6-15(14(16)10-12)19-9-7-13-4-2-3-8-18-13/h2-6,8,10-11H,7,9,17H2,1H3/t11-/m1/s1. The number of nitrogens with zero attached hydrogens (tertiary/aromatic N) is 1. The second-order valence-corrected chi connectivity index (χ2v) is 5.25. The molecule has 2 aromatic rings. The van der Waals surface area contributed by atoms with Crippen LogP contribution < -0.4 is 10.5 Å². The smallest absolute Gasteiger partial charge is 0.133 e. The molecule has 3 nitrogen and oxygen atoms in total. The first-order chi connectivity index (χ1) is 9.16. The molecule has 0 saturated carbocycles. The van der Waals surface area contributed by atoms with Crippen LogP contribution in [0.2, 0.25) is 0 Å². The molecule has 19 heavy (non-hydrogen) atoms. The van der Waals surface area contributed by atoms with Crippen LogP contribution in [0, 0.1) is 0 Å². The quantitative estimate of drug-likeness (QED) is 0.917. The predicted octanol–water partition coefficient (Wildman–Crippen LogP) is 3.49. The third-order valence-electron chi connectivity index (χ3n) is 2.82. The molecule has 1 heterocycles. The van der Waals surface area contributed by atoms with E-state index in [2.05, 4.69) is 20.9 Å². The van der Waals surface area contributed by atoms with Gasteiger partial charge in [-0.25, -0.2) is 0 Å². The van der Waals surface area contributed by atoms with Crippen LogP contribution in [-0.2, 0) is 6.42 Å². The van der Waals surface area contributed by atoms with Gasteiger partial charge in [0.2, 0.25) is 0 Å². The Hall–Kier alpha value is -1.39. The first kappa shape index (κ1) is 14.0. The van der Waals surface area contributed by atoms with E-state index in [1.54, 1.807) is 6.20 Å². The van der Waals surface area contributed by atoms with E-state index in [9.17, 15) is 0 Å². The Labute approximate surface area is 121 Å². The third-order valence-corrected chi connectivity index (χ3v) is 3.44. The van der Waals surface area contributed by atoms with Crippen molar-refractivity contribution in [2.24, 2.45) is 5.73 Å². The Morgan fingerprint density at radius 2 is 2.16 bits per heavy atom. The second kappa shape index (κ2) is 6.68. The minimum Gasteiger partial charge on any atom is -0.492 e. The molecular weight excluding hydrogens is 304 g/mol. The molecular formula is C15H17BrN2O. The fraction of sp³-hybridized carbons (Fsp3) is 0.267. The first-order valence-corrected chi connectivity index (χ1v) is 7.04. The van der Waals surface area contributed by atoms with Crippen LogP contribution in [0.4, 0.5) is 0 Å². The predicted molar refractivity (Wildman–Crippen MR) is 80.2 cm³/mol. The van der Waals surface area contributed by atoms with Gasteiger partial charge in [0, 0.05) is 24.4 Å². The summed E-state index contributed by atoms with van der Waals surface area (Å²) >= 11 is 3.51. The molecule has 2 N–H and O–H groups in total. The summed E-state index contributed by atoms with van der Waals surface area (Å²) in [7, 11) is 0. The van der Waals surface area contributed by atoms with Crippen molar-refractivity contribution in [2.75, 3.05) is 6.61 Å². The van der Waals surface area contributed by atoms with Gasteiger partial charge in [-0.3, -0.25) is 4.98 Å². The lowest BCUT2D eigenvalue weighted by Gasteiger charge is -2.11. The zero-order chi connectivity index (χ0) is 13.7. The van der Waals surface area contributed by atoms with Gasteiger partial charge in [-0.05, 0) is 52.7 Å². The summed E-state index contributed by atoms with van der Waals surface area (Å²) in [5.41, 5.74) is 7.96. The molecule has 0 aliphatic carbocycles. The van der Waals surface area contributed by atoms with Crippen LogP contribution in [0.1, 0.15) is 24.2 Å². The van der Waals surface area contributed by atoms with E-state index in [0.717, 1.165) is 27.9 Å². The Kier molecular flexibility index (Phi) is 4.93. The summed E-state index contributed by atoms with van der Waals surface area (Å²) in [6.07, 6.45) is 2.59. The Balaban J connectivity index is 1.93. The van der Waals surface area contributed by atoms with Crippen LogP contribution >= 0.6 is 15.9 Å². The van der Waals surface area contributed by atoms with Crippen molar-refractivity contribution in [1.29, 1.82) is 0 Å². The second-order valence-electron chi connectivity index (χ2n) is 4.40. The van der Waals surface area contributed by atoms with Crippen molar-refractivity contribution in [3.05, 3.63) is 58.3 Å². The number of ether oxygens (including phenoxy) is 1. The van der Waals surface area contributed by atoms with Gasteiger partial charge in [0.1, 0.15) is 5.75 Å². The largest absolute Gasteiger partial charge is 0.492 e. The van der Waals surface area contributed by atoms with Crippen LogP contribution in [0.5, 0.6) is 5.75 Å². The molecule has 0 radical (unpaired) electrons. The SMILES string of the molecule is C[C@@H](N)c1ccc(OCCc2ccccn2)c(Br)c1. The maximum atomic E-state index is 5.84. The molecule has 0 spiro atoms. The molecule has 0 fully saturated rings. The number of nitrogens with two attached hydrogens (primary N) is 1. The summed E-state index contributed by atoms with van der Waals surface area (Å²) in [6, 6.07) is 11.9. The van der Waals surface area contributed by atoms with Gasteiger partial charge in [-0.1, -0.05) is 12.1 Å². The molecule has 0 bridgehead atoms. The number of pyridine rings is 1. The molecule has 100 valence electrons. The van der Waals surface area contributed by atoms with E-state index in [0.29, 0.717) is 6.61 Å². The van der Waals surface area contributed by atoms with Crippen molar-refractivity contribution in [2.45, 2.75) is 19.4 Å². The molecule has 0 amide bonds. The lowest BCUT2D eigenvalue weighted by Crippen LogP contribution is -2.06. The Bertz CT molecular complexity index is 529. The molecule has 1 atom stereocenters. The Morgan fingerprint density at radius 3 is 2.79 bits per heavy atom. The fourth-order valence-corrected chi connectivity index (χ4v) is 2.24. The highest BCUT2D eigenvalue weighted by molar-refractivity contribution is 9.10. The zero-order valence-electron chi connectivity index (χ0n) is 10.8. The topological polar surface area (TPSA) is 48.1 Å². The maximum absolute atomic E-state index is 5.84. The molecule has 2 rings (SSSR count). The number of benzene rings is 1. The lowest BCUT2D eigenvalue weighted by molar-refractivity contribution is 0.318. The number of hydrogen-bond donors (Lipinski definition) is 1. The van der Waals surface area contributed by atoms with Crippen molar-refractivity contribution in [3.63, 3.8) is 0 Å². The summed E-state index contributed by atoms with van der Waals surface area (Å²) in [6.45, 7) is 2.57. The highest BCUT2D eigenvalue weighted by atomic mass is 79.9. The van der Waals surface area contributed by atoms with Gasteiger partial charge in [-0.15, -0.1) is 0 Å². The summed E-state index contributed by atoms with van der Waals surface area (Å²) in [4.78, 5) is 4.26. The van der Waals surface area contributed by atoms with E-state index in [4.69, 9.17) is 10.5 Å². The van der Waals surface area contributed by atoms with E-state index in [1.807, 2.05) is 43.3 Å². The van der Waals surface area contributed by atoms with Crippen molar-refractivity contribution < 1.29 is 4.74 Å². The molecule has 0 saturated heterocycles. The molecule has 0 aliphatic rings. The van der Waals surface area contributed by atoms with Crippen LogP contribution in [0.3, 0.4) is 0 Å². The van der Waals surface area contributed by atoms with Crippen molar-refractivity contribution >= 4 is 15.9 Å². The summed E-state index contributed by atoms with van der Waals surface area (Å²) in [5.74, 6) is 0.834. The van der Waals surface area contributed by atoms with Crippen LogP contribution in [0.25, 0.3) is 0 Å². The van der Waals surface area contributed by atoms with Gasteiger partial charge in [0.25, 0.3) is 0 Å². The third kappa shape index (κ3) is 4.04. The normalized spacial score (nSPS) is 12.2. The fourth-order valence-electron chi connectivity index (χ4n) is 1.73. The van der Waals surface area contributed by atoms with Crippen molar-refractivity contribution in [3.8, 4) is 5.75 Å². The minimum atomic E-state index is 0.0267. The number of hydrogen-bond acceptors (Lipinski definition) is 3. The van der Waals surface area contributed by atoms with Gasteiger partial charge in [-0.2, -0.15) is 0 Å². The van der Waals surface area contributed by atoms with E-state index in [1.165, 1.54) is 0 Å². The molecule has 0 aliphatic heterocycles. The molecule has 0 unspecified atom stereocenters. The Morgan fingerprint density at radius 1 is 1.32 bits per heavy atom. The van der Waals surface area contributed by atoms with Crippen LogP contribution in [0.15, 0.2) is 47.1 Å². The van der Waals surface area contributed by atoms with Gasteiger partial charge in [0.05, 0.1) is 11.1 Å². The van der Waals surface area contributed by atoms with Crippen LogP contribution in [-0.4, -0.2) is 11.6 Å². The molecule has 1 aromatic carbocycles. The number of aromatic nitrogens is 1. The van der Waals surface area contributed by atoms with E-state index in [-0.39, 0.29) is 6.04 Å². The van der Waals surface area contributed by atoms with Gasteiger partial charge >= 0.3 is 0 Å². The lowest BCUT2D eigenvalue weighted by atomic mass is 10.1. The van der Waals surface area contributed by atoms with E-state index >= 15 is 0 Å². The highest BCUT2D eigenvalue weighted by Crippen LogP contribution is 2.27. The van der Waals surface area contributed by atoms with Gasteiger partial charge < -0.3 is 10.5 Å². The maximum Gasteiger partial charge on any atom is 0.133 e. The van der Waals surface area contributed by atoms with Gasteiger partial charge in [0.15, 0.2) is 0 Å². The average molecular weight is 321 g/mol. The van der Waals surface area contributed by atoms with E-state index < -0.39 is 0 Å². The molecule has 1 aromatic heterocycles. The first-order valence-electron chi connectivity index (χ1n) is 6.24.